The molecule has 96 valence electrons. The highest BCUT2D eigenvalue weighted by atomic mass is 16.5. The molecule has 0 fully saturated rings. The maximum atomic E-state index is 11.6. The second-order valence-electron chi connectivity index (χ2n) is 3.80. The molecule has 0 aliphatic heterocycles. The fraction of sp³-hybridized carbons (Fsp3) is 0.636. The maximum absolute atomic E-state index is 11.6. The van der Waals surface area contributed by atoms with Gasteiger partial charge in [-0.2, -0.15) is 5.10 Å². The lowest BCUT2D eigenvalue weighted by Gasteiger charge is -2.11. The summed E-state index contributed by atoms with van der Waals surface area (Å²) in [5.74, 6) is -0.117. The minimum atomic E-state index is -0.456. The standard InChI is InChI=1S/C11H20N4O2/c1-17-9-2-4-10(12)11(16)13-6-8-15-7-3-5-14-15/h3,5,7,10H,2,4,6,8-9,12H2,1H3,(H,13,16). The van der Waals surface area contributed by atoms with Crippen LogP contribution >= 0.6 is 0 Å². The van der Waals surface area contributed by atoms with Crippen LogP contribution in [-0.4, -0.2) is 42.0 Å². The number of aromatic nitrogens is 2. The lowest BCUT2D eigenvalue weighted by Crippen LogP contribution is -2.41. The number of ether oxygens (including phenoxy) is 1. The van der Waals surface area contributed by atoms with Crippen molar-refractivity contribution in [2.45, 2.75) is 25.4 Å². The summed E-state index contributed by atoms with van der Waals surface area (Å²) in [5.41, 5.74) is 5.73. The van der Waals surface area contributed by atoms with Gasteiger partial charge in [-0.05, 0) is 18.9 Å². The van der Waals surface area contributed by atoms with E-state index in [0.29, 0.717) is 26.1 Å². The number of amides is 1. The molecule has 1 unspecified atom stereocenters. The molecule has 3 N–H and O–H groups in total. The smallest absolute Gasteiger partial charge is 0.236 e. The first-order valence-electron chi connectivity index (χ1n) is 5.73. The quantitative estimate of drug-likeness (QED) is 0.614. The van der Waals surface area contributed by atoms with E-state index >= 15 is 0 Å². The van der Waals surface area contributed by atoms with Crippen LogP contribution in [0.4, 0.5) is 0 Å². The summed E-state index contributed by atoms with van der Waals surface area (Å²) < 4.78 is 6.66. The summed E-state index contributed by atoms with van der Waals surface area (Å²) in [5, 5.41) is 6.82. The number of carbonyl (C=O) groups excluding carboxylic acids is 1. The van der Waals surface area contributed by atoms with Gasteiger partial charge in [0.15, 0.2) is 0 Å². The molecule has 1 rings (SSSR count). The Bertz CT molecular complexity index is 313. The third-order valence-corrected chi connectivity index (χ3v) is 2.40. The van der Waals surface area contributed by atoms with Crippen LogP contribution in [0.2, 0.25) is 0 Å². The average Bonchev–Trinajstić information content (AvgIpc) is 2.82. The zero-order chi connectivity index (χ0) is 12.5. The van der Waals surface area contributed by atoms with E-state index < -0.39 is 6.04 Å². The predicted molar refractivity (Wildman–Crippen MR) is 64.3 cm³/mol. The number of nitrogens with two attached hydrogens (primary N) is 1. The third kappa shape index (κ3) is 5.46. The highest BCUT2D eigenvalue weighted by molar-refractivity contribution is 5.81. The van der Waals surface area contributed by atoms with Crippen molar-refractivity contribution < 1.29 is 9.53 Å². The van der Waals surface area contributed by atoms with Gasteiger partial charge in [0.1, 0.15) is 0 Å². The van der Waals surface area contributed by atoms with Crippen molar-refractivity contribution in [2.24, 2.45) is 5.73 Å². The van der Waals surface area contributed by atoms with E-state index in [1.165, 1.54) is 0 Å². The molecule has 1 aromatic heterocycles. The molecule has 17 heavy (non-hydrogen) atoms. The molecule has 0 aromatic carbocycles. The van der Waals surface area contributed by atoms with Gasteiger partial charge in [0.2, 0.25) is 5.91 Å². The van der Waals surface area contributed by atoms with Crippen LogP contribution in [0.1, 0.15) is 12.8 Å². The van der Waals surface area contributed by atoms with Crippen molar-refractivity contribution in [1.82, 2.24) is 15.1 Å². The molecule has 6 heteroatoms. The molecule has 0 radical (unpaired) electrons. The van der Waals surface area contributed by atoms with Gasteiger partial charge in [-0.15, -0.1) is 0 Å². The molecule has 1 heterocycles. The number of nitrogens with one attached hydrogen (secondary N) is 1. The molecule has 6 nitrogen and oxygen atoms in total. The van der Waals surface area contributed by atoms with Gasteiger partial charge in [-0.25, -0.2) is 0 Å². The summed E-state index contributed by atoms with van der Waals surface area (Å²) >= 11 is 0. The highest BCUT2D eigenvalue weighted by Gasteiger charge is 2.11. The van der Waals surface area contributed by atoms with Gasteiger partial charge in [-0.1, -0.05) is 0 Å². The summed E-state index contributed by atoms with van der Waals surface area (Å²) in [6.07, 6.45) is 4.99. The van der Waals surface area contributed by atoms with Gasteiger partial charge in [0, 0.05) is 32.7 Å². The van der Waals surface area contributed by atoms with Crippen LogP contribution in [0.25, 0.3) is 0 Å². The minimum Gasteiger partial charge on any atom is -0.385 e. The number of hydrogen-bond donors (Lipinski definition) is 2. The number of methoxy groups -OCH3 is 1. The number of rotatable bonds is 8. The monoisotopic (exact) mass is 240 g/mol. The molecule has 0 spiro atoms. The normalized spacial score (nSPS) is 12.4. The van der Waals surface area contributed by atoms with E-state index in [0.717, 1.165) is 6.42 Å². The zero-order valence-corrected chi connectivity index (χ0v) is 10.1. The lowest BCUT2D eigenvalue weighted by atomic mass is 10.1. The Morgan fingerprint density at radius 3 is 3.12 bits per heavy atom. The molecule has 1 atom stereocenters. The van der Waals surface area contributed by atoms with E-state index in [9.17, 15) is 4.79 Å². The first kappa shape index (κ1) is 13.7. The van der Waals surface area contributed by atoms with Gasteiger partial charge in [0.05, 0.1) is 12.6 Å². The van der Waals surface area contributed by atoms with Crippen molar-refractivity contribution in [3.05, 3.63) is 18.5 Å². The molecular formula is C11H20N4O2. The van der Waals surface area contributed by atoms with Gasteiger partial charge in [-0.3, -0.25) is 9.48 Å². The summed E-state index contributed by atoms with van der Waals surface area (Å²) in [6, 6.07) is 1.39. The lowest BCUT2D eigenvalue weighted by molar-refractivity contribution is -0.122. The maximum Gasteiger partial charge on any atom is 0.236 e. The van der Waals surface area contributed by atoms with E-state index in [4.69, 9.17) is 10.5 Å². The van der Waals surface area contributed by atoms with Crippen molar-refractivity contribution in [1.29, 1.82) is 0 Å². The summed E-state index contributed by atoms with van der Waals surface area (Å²) in [6.45, 7) is 1.83. The topological polar surface area (TPSA) is 82.2 Å². The summed E-state index contributed by atoms with van der Waals surface area (Å²) in [7, 11) is 1.63. The van der Waals surface area contributed by atoms with Gasteiger partial charge >= 0.3 is 0 Å². The van der Waals surface area contributed by atoms with Gasteiger partial charge in [0.25, 0.3) is 0 Å². The fourth-order valence-electron chi connectivity index (χ4n) is 1.44. The summed E-state index contributed by atoms with van der Waals surface area (Å²) in [4.78, 5) is 11.6. The van der Waals surface area contributed by atoms with E-state index in [-0.39, 0.29) is 5.91 Å². The first-order valence-corrected chi connectivity index (χ1v) is 5.73. The molecular weight excluding hydrogens is 220 g/mol. The van der Waals surface area contributed by atoms with E-state index in [1.807, 2.05) is 12.3 Å². The molecule has 1 amide bonds. The fourth-order valence-corrected chi connectivity index (χ4v) is 1.44. The van der Waals surface area contributed by atoms with Crippen LogP contribution in [0.15, 0.2) is 18.5 Å². The van der Waals surface area contributed by atoms with Crippen LogP contribution < -0.4 is 11.1 Å². The van der Waals surface area contributed by atoms with Crippen LogP contribution in [0, 0.1) is 0 Å². The second-order valence-corrected chi connectivity index (χ2v) is 3.80. The van der Waals surface area contributed by atoms with Crippen molar-refractivity contribution in [3.8, 4) is 0 Å². The van der Waals surface area contributed by atoms with Crippen LogP contribution in [0.5, 0.6) is 0 Å². The molecule has 1 aromatic rings. The molecule has 0 saturated carbocycles. The largest absolute Gasteiger partial charge is 0.385 e. The number of hydrogen-bond acceptors (Lipinski definition) is 4. The predicted octanol–water partition coefficient (Wildman–Crippen LogP) is -0.247. The third-order valence-electron chi connectivity index (χ3n) is 2.40. The second kappa shape index (κ2) is 7.81. The zero-order valence-electron chi connectivity index (χ0n) is 10.1. The Balaban J connectivity index is 2.11. The first-order chi connectivity index (χ1) is 8.24. The van der Waals surface area contributed by atoms with Gasteiger partial charge < -0.3 is 15.8 Å². The molecule has 0 bridgehead atoms. The van der Waals surface area contributed by atoms with Crippen LogP contribution in [-0.2, 0) is 16.1 Å². The van der Waals surface area contributed by atoms with E-state index in [2.05, 4.69) is 10.4 Å². The van der Waals surface area contributed by atoms with Crippen molar-refractivity contribution in [3.63, 3.8) is 0 Å². The Hall–Kier alpha value is -1.40. The Labute approximate surface area is 101 Å². The Morgan fingerprint density at radius 2 is 2.47 bits per heavy atom. The molecule has 0 aliphatic carbocycles. The Kier molecular flexibility index (Phi) is 6.27. The SMILES string of the molecule is COCCCC(N)C(=O)NCCn1cccn1. The average molecular weight is 240 g/mol. The molecule has 0 saturated heterocycles. The molecule has 0 aliphatic rings. The number of nitrogens with zero attached hydrogens (tertiary/aromatic N) is 2. The highest BCUT2D eigenvalue weighted by Crippen LogP contribution is 1.94. The minimum absolute atomic E-state index is 0.117. The van der Waals surface area contributed by atoms with Crippen LogP contribution in [0.3, 0.4) is 0 Å². The van der Waals surface area contributed by atoms with Crippen molar-refractivity contribution >= 4 is 5.91 Å². The Morgan fingerprint density at radius 1 is 1.65 bits per heavy atom. The van der Waals surface area contributed by atoms with E-state index in [1.54, 1.807) is 18.0 Å². The van der Waals surface area contributed by atoms with Crippen molar-refractivity contribution in [2.75, 3.05) is 20.3 Å². The number of carbonyl (C=O) groups is 1.